The van der Waals surface area contributed by atoms with Crippen molar-refractivity contribution < 1.29 is 9.90 Å². The van der Waals surface area contributed by atoms with Gasteiger partial charge in [-0.15, -0.1) is 0 Å². The molecule has 0 saturated carbocycles. The molecule has 0 unspecified atom stereocenters. The molecule has 5 nitrogen and oxygen atoms in total. The maximum absolute atomic E-state index is 11.1. The molecule has 2 rings (SSSR count). The van der Waals surface area contributed by atoms with E-state index in [0.29, 0.717) is 17.6 Å². The fourth-order valence-corrected chi connectivity index (χ4v) is 2.70. The lowest BCUT2D eigenvalue weighted by molar-refractivity contribution is 0.0697. The minimum Gasteiger partial charge on any atom is -0.478 e. The lowest BCUT2D eigenvalue weighted by atomic mass is 10.2. The van der Waals surface area contributed by atoms with Crippen LogP contribution in [0.25, 0.3) is 11.0 Å². The molecule has 0 saturated heterocycles. The van der Waals surface area contributed by atoms with E-state index in [1.807, 2.05) is 4.57 Å². The smallest absolute Gasteiger partial charge is 0.335 e. The summed E-state index contributed by atoms with van der Waals surface area (Å²) in [5.41, 5.74) is 2.01. The van der Waals surface area contributed by atoms with Gasteiger partial charge in [0.1, 0.15) is 0 Å². The highest BCUT2D eigenvalue weighted by Crippen LogP contribution is 2.16. The van der Waals surface area contributed by atoms with Gasteiger partial charge in [0.15, 0.2) is 0 Å². The van der Waals surface area contributed by atoms with E-state index in [1.54, 1.807) is 24.5 Å². The van der Waals surface area contributed by atoms with Crippen LogP contribution < -0.4 is 0 Å². The van der Waals surface area contributed by atoms with Gasteiger partial charge in [0.05, 0.1) is 22.9 Å². The quantitative estimate of drug-likeness (QED) is 0.888. The number of imidazole rings is 1. The molecular weight excluding hydrogens is 266 g/mol. The maximum Gasteiger partial charge on any atom is 0.335 e. The Bertz CT molecular complexity index is 623. The second-order valence-electron chi connectivity index (χ2n) is 5.87. The molecular formula is C16H23N3O2. The highest BCUT2D eigenvalue weighted by molar-refractivity contribution is 5.92. The monoisotopic (exact) mass is 289 g/mol. The fourth-order valence-electron chi connectivity index (χ4n) is 2.70. The first kappa shape index (κ1) is 15.5. The Morgan fingerprint density at radius 2 is 1.95 bits per heavy atom. The van der Waals surface area contributed by atoms with Crippen molar-refractivity contribution >= 4 is 17.0 Å². The first-order valence-corrected chi connectivity index (χ1v) is 7.34. The minimum absolute atomic E-state index is 0.300. The minimum atomic E-state index is -0.907. The van der Waals surface area contributed by atoms with Crippen LogP contribution in [0.15, 0.2) is 24.5 Å². The summed E-state index contributed by atoms with van der Waals surface area (Å²) < 4.78 is 2.03. The van der Waals surface area contributed by atoms with Crippen LogP contribution in [0.5, 0.6) is 0 Å². The number of fused-ring (bicyclic) bond motifs is 1. The topological polar surface area (TPSA) is 58.4 Å². The number of nitrogens with zero attached hydrogens (tertiary/aromatic N) is 3. The molecule has 0 aliphatic heterocycles. The molecule has 1 heterocycles. The number of carboxylic acid groups (broad SMARTS) is 1. The predicted octanol–water partition coefficient (Wildman–Crippen LogP) is 2.85. The molecule has 1 aromatic carbocycles. The van der Waals surface area contributed by atoms with Crippen LogP contribution in [0.2, 0.25) is 0 Å². The van der Waals surface area contributed by atoms with Gasteiger partial charge in [-0.25, -0.2) is 9.78 Å². The van der Waals surface area contributed by atoms with Crippen molar-refractivity contribution in [2.45, 2.75) is 46.3 Å². The van der Waals surface area contributed by atoms with Crippen molar-refractivity contribution in [3.63, 3.8) is 0 Å². The standard InChI is InChI=1S/C16H23N3O2/c1-11(2)19(12(3)4)8-7-18-10-17-14-6-5-13(16(20)21)9-15(14)18/h5-6,9-12H,7-8H2,1-4H3,(H,20,21). The Kier molecular flexibility index (Phi) is 4.63. The first-order valence-electron chi connectivity index (χ1n) is 7.34. The van der Waals surface area contributed by atoms with Gasteiger partial charge in [-0.1, -0.05) is 0 Å². The molecule has 0 spiro atoms. The molecule has 5 heteroatoms. The summed E-state index contributed by atoms with van der Waals surface area (Å²) in [5, 5.41) is 9.10. The molecule has 0 amide bonds. The average molecular weight is 289 g/mol. The zero-order chi connectivity index (χ0) is 15.6. The van der Waals surface area contributed by atoms with Crippen molar-refractivity contribution in [2.75, 3.05) is 6.54 Å². The highest BCUT2D eigenvalue weighted by Gasteiger charge is 2.14. The van der Waals surface area contributed by atoms with E-state index in [2.05, 4.69) is 37.6 Å². The van der Waals surface area contributed by atoms with Crippen molar-refractivity contribution in [1.29, 1.82) is 0 Å². The normalized spacial score (nSPS) is 12.0. The van der Waals surface area contributed by atoms with E-state index in [4.69, 9.17) is 5.11 Å². The second-order valence-corrected chi connectivity index (χ2v) is 5.87. The fraction of sp³-hybridized carbons (Fsp3) is 0.500. The molecule has 0 aliphatic rings. The Morgan fingerprint density at radius 3 is 2.52 bits per heavy atom. The highest BCUT2D eigenvalue weighted by atomic mass is 16.4. The Balaban J connectivity index is 2.22. The number of aromatic nitrogens is 2. The van der Waals surface area contributed by atoms with E-state index in [-0.39, 0.29) is 0 Å². The third-order valence-corrected chi connectivity index (χ3v) is 3.79. The number of hydrogen-bond acceptors (Lipinski definition) is 3. The van der Waals surface area contributed by atoms with Crippen molar-refractivity contribution in [3.8, 4) is 0 Å². The van der Waals surface area contributed by atoms with Crippen LogP contribution >= 0.6 is 0 Å². The zero-order valence-electron chi connectivity index (χ0n) is 13.1. The molecule has 0 atom stereocenters. The Hall–Kier alpha value is -1.88. The molecule has 0 bridgehead atoms. The van der Waals surface area contributed by atoms with Crippen LogP contribution in [-0.2, 0) is 6.54 Å². The number of rotatable bonds is 6. The van der Waals surface area contributed by atoms with Crippen LogP contribution in [0.1, 0.15) is 38.1 Å². The molecule has 0 fully saturated rings. The number of carbonyl (C=O) groups is 1. The molecule has 21 heavy (non-hydrogen) atoms. The van der Waals surface area contributed by atoms with Crippen LogP contribution in [0.3, 0.4) is 0 Å². The largest absolute Gasteiger partial charge is 0.478 e. The third-order valence-electron chi connectivity index (χ3n) is 3.79. The molecule has 1 aromatic heterocycles. The average Bonchev–Trinajstić information content (AvgIpc) is 2.80. The first-order chi connectivity index (χ1) is 9.90. The van der Waals surface area contributed by atoms with Gasteiger partial charge in [0.25, 0.3) is 0 Å². The van der Waals surface area contributed by atoms with E-state index in [9.17, 15) is 4.79 Å². The lowest BCUT2D eigenvalue weighted by Crippen LogP contribution is -2.39. The van der Waals surface area contributed by atoms with Crippen molar-refractivity contribution in [2.24, 2.45) is 0 Å². The summed E-state index contributed by atoms with van der Waals surface area (Å²) in [6.45, 7) is 10.5. The van der Waals surface area contributed by atoms with Crippen molar-refractivity contribution in [3.05, 3.63) is 30.1 Å². The molecule has 2 aromatic rings. The van der Waals surface area contributed by atoms with Gasteiger partial charge in [-0.2, -0.15) is 0 Å². The van der Waals surface area contributed by atoms with Gasteiger partial charge >= 0.3 is 5.97 Å². The molecule has 114 valence electrons. The van der Waals surface area contributed by atoms with Crippen molar-refractivity contribution in [1.82, 2.24) is 14.5 Å². The third kappa shape index (κ3) is 3.42. The number of carboxylic acids is 1. The van der Waals surface area contributed by atoms with Crippen LogP contribution in [-0.4, -0.2) is 44.2 Å². The lowest BCUT2D eigenvalue weighted by Gasteiger charge is -2.30. The van der Waals surface area contributed by atoms with Crippen LogP contribution in [0.4, 0.5) is 0 Å². The van der Waals surface area contributed by atoms with Gasteiger partial charge in [-0.3, -0.25) is 4.90 Å². The maximum atomic E-state index is 11.1. The zero-order valence-corrected chi connectivity index (χ0v) is 13.1. The summed E-state index contributed by atoms with van der Waals surface area (Å²) in [7, 11) is 0. The number of aromatic carboxylic acids is 1. The molecule has 0 radical (unpaired) electrons. The van der Waals surface area contributed by atoms with Gasteiger partial charge in [-0.05, 0) is 45.9 Å². The van der Waals surface area contributed by atoms with Crippen LogP contribution in [0, 0.1) is 0 Å². The summed E-state index contributed by atoms with van der Waals surface area (Å²) in [6, 6.07) is 6.01. The van der Waals surface area contributed by atoms with E-state index < -0.39 is 5.97 Å². The van der Waals surface area contributed by atoms with Gasteiger partial charge in [0.2, 0.25) is 0 Å². The Morgan fingerprint density at radius 1 is 1.29 bits per heavy atom. The Labute approximate surface area is 125 Å². The predicted molar refractivity (Wildman–Crippen MR) is 83.7 cm³/mol. The van der Waals surface area contributed by atoms with Gasteiger partial charge in [0, 0.05) is 25.2 Å². The molecule has 0 aliphatic carbocycles. The summed E-state index contributed by atoms with van der Waals surface area (Å²) in [5.74, 6) is -0.907. The van der Waals surface area contributed by atoms with Gasteiger partial charge < -0.3 is 9.67 Å². The summed E-state index contributed by atoms with van der Waals surface area (Å²) >= 11 is 0. The van der Waals surface area contributed by atoms with E-state index >= 15 is 0 Å². The van der Waals surface area contributed by atoms with E-state index in [0.717, 1.165) is 24.1 Å². The SMILES string of the molecule is CC(C)N(CCn1cnc2ccc(C(=O)O)cc21)C(C)C. The molecule has 1 N–H and O–H groups in total. The number of hydrogen-bond donors (Lipinski definition) is 1. The second kappa shape index (κ2) is 6.26. The summed E-state index contributed by atoms with van der Waals surface area (Å²) in [6.07, 6.45) is 1.79. The number of benzene rings is 1. The van der Waals surface area contributed by atoms with E-state index in [1.165, 1.54) is 0 Å². The summed E-state index contributed by atoms with van der Waals surface area (Å²) in [4.78, 5) is 17.8.